The van der Waals surface area contributed by atoms with Gasteiger partial charge in [-0.05, 0) is 18.2 Å². The van der Waals surface area contributed by atoms with E-state index in [1.807, 2.05) is 0 Å². The van der Waals surface area contributed by atoms with Gasteiger partial charge in [-0.25, -0.2) is 4.39 Å². The van der Waals surface area contributed by atoms with E-state index in [2.05, 4.69) is 5.32 Å². The zero-order valence-corrected chi connectivity index (χ0v) is 8.63. The van der Waals surface area contributed by atoms with Crippen molar-refractivity contribution in [1.29, 1.82) is 0 Å². The highest BCUT2D eigenvalue weighted by Crippen LogP contribution is 2.35. The molecule has 0 aliphatic rings. The lowest BCUT2D eigenvalue weighted by molar-refractivity contribution is -0.137. The maximum Gasteiger partial charge on any atom is 0.418 e. The summed E-state index contributed by atoms with van der Waals surface area (Å²) in [5.74, 6) is -0.995. The molecule has 3 N–H and O–H groups in total. The van der Waals surface area contributed by atoms with Gasteiger partial charge in [-0.2, -0.15) is 13.2 Å². The van der Waals surface area contributed by atoms with E-state index in [0.717, 1.165) is 12.1 Å². The summed E-state index contributed by atoms with van der Waals surface area (Å²) in [5, 5.41) is 19.8. The topological polar surface area (TPSA) is 52.5 Å². The van der Waals surface area contributed by atoms with Crippen molar-refractivity contribution >= 4 is 5.69 Å². The summed E-state index contributed by atoms with van der Waals surface area (Å²) >= 11 is 0. The zero-order chi connectivity index (χ0) is 13.1. The second-order valence-corrected chi connectivity index (χ2v) is 3.40. The van der Waals surface area contributed by atoms with Gasteiger partial charge in [0.05, 0.1) is 18.3 Å². The first-order valence-corrected chi connectivity index (χ1v) is 4.74. The lowest BCUT2D eigenvalue weighted by Gasteiger charge is -2.16. The van der Waals surface area contributed by atoms with Crippen molar-refractivity contribution in [1.82, 2.24) is 0 Å². The van der Waals surface area contributed by atoms with Crippen molar-refractivity contribution in [3.05, 3.63) is 29.6 Å². The molecular weight excluding hydrogens is 242 g/mol. The van der Waals surface area contributed by atoms with Crippen molar-refractivity contribution in [2.45, 2.75) is 12.3 Å². The molecule has 0 radical (unpaired) electrons. The van der Waals surface area contributed by atoms with Crippen molar-refractivity contribution in [3.8, 4) is 0 Å². The highest BCUT2D eigenvalue weighted by atomic mass is 19.4. The van der Waals surface area contributed by atoms with Crippen LogP contribution in [-0.2, 0) is 6.18 Å². The number of nitrogens with one attached hydrogen (secondary N) is 1. The largest absolute Gasteiger partial charge is 0.418 e. The lowest BCUT2D eigenvalue weighted by Crippen LogP contribution is -2.24. The first kappa shape index (κ1) is 13.7. The van der Waals surface area contributed by atoms with Crippen molar-refractivity contribution in [3.63, 3.8) is 0 Å². The Morgan fingerprint density at radius 2 is 1.94 bits per heavy atom. The third-order valence-electron chi connectivity index (χ3n) is 2.03. The van der Waals surface area contributed by atoms with Gasteiger partial charge in [0.25, 0.3) is 0 Å². The molecule has 0 aromatic heterocycles. The zero-order valence-electron chi connectivity index (χ0n) is 8.63. The Morgan fingerprint density at radius 1 is 1.29 bits per heavy atom. The molecule has 0 spiro atoms. The number of benzene rings is 1. The number of hydrogen-bond acceptors (Lipinski definition) is 3. The predicted octanol–water partition coefficient (Wildman–Crippen LogP) is 1.61. The third-order valence-corrected chi connectivity index (χ3v) is 2.03. The standard InChI is InChI=1S/C10H11F4NO2/c11-6-1-2-9(15-4-7(17)5-16)8(3-6)10(12,13)14/h1-3,7,15-17H,4-5H2. The molecule has 1 aromatic carbocycles. The lowest BCUT2D eigenvalue weighted by atomic mass is 10.1. The molecule has 1 aromatic rings. The second-order valence-electron chi connectivity index (χ2n) is 3.40. The minimum absolute atomic E-state index is 0.259. The predicted molar refractivity (Wildman–Crippen MR) is 53.0 cm³/mol. The SMILES string of the molecule is OCC(O)CNc1ccc(F)cc1C(F)(F)F. The first-order valence-electron chi connectivity index (χ1n) is 4.74. The van der Waals surface area contributed by atoms with Gasteiger partial charge in [0.15, 0.2) is 0 Å². The summed E-state index contributed by atoms with van der Waals surface area (Å²) in [6.07, 6.45) is -5.87. The average Bonchev–Trinajstić information content (AvgIpc) is 2.25. The van der Waals surface area contributed by atoms with E-state index in [4.69, 9.17) is 10.2 Å². The minimum atomic E-state index is -4.69. The second kappa shape index (κ2) is 5.33. The Balaban J connectivity index is 2.91. The normalized spacial score (nSPS) is 13.5. The number of rotatable bonds is 4. The van der Waals surface area contributed by atoms with Gasteiger partial charge in [-0.1, -0.05) is 0 Å². The fourth-order valence-corrected chi connectivity index (χ4v) is 1.20. The fraction of sp³-hybridized carbons (Fsp3) is 0.400. The van der Waals surface area contributed by atoms with Gasteiger partial charge >= 0.3 is 6.18 Å². The Morgan fingerprint density at radius 3 is 2.47 bits per heavy atom. The van der Waals surface area contributed by atoms with Crippen molar-refractivity contribution in [2.24, 2.45) is 0 Å². The summed E-state index contributed by atoms with van der Waals surface area (Å²) in [6.45, 7) is -0.833. The van der Waals surface area contributed by atoms with E-state index < -0.39 is 30.3 Å². The molecule has 0 aliphatic carbocycles. The van der Waals surface area contributed by atoms with Crippen LogP contribution >= 0.6 is 0 Å². The van der Waals surface area contributed by atoms with E-state index in [1.54, 1.807) is 0 Å². The number of alkyl halides is 3. The Kier molecular flexibility index (Phi) is 4.30. The molecule has 96 valence electrons. The molecule has 0 bridgehead atoms. The van der Waals surface area contributed by atoms with Crippen LogP contribution in [-0.4, -0.2) is 29.5 Å². The van der Waals surface area contributed by atoms with Crippen LogP contribution in [0, 0.1) is 5.82 Å². The summed E-state index contributed by atoms with van der Waals surface area (Å²) in [4.78, 5) is 0. The van der Waals surface area contributed by atoms with Crippen LogP contribution in [0.1, 0.15) is 5.56 Å². The molecule has 0 saturated heterocycles. The molecule has 1 unspecified atom stereocenters. The van der Waals surface area contributed by atoms with E-state index in [0.29, 0.717) is 6.07 Å². The van der Waals surface area contributed by atoms with Crippen LogP contribution in [0.5, 0.6) is 0 Å². The summed E-state index contributed by atoms with van der Waals surface area (Å²) < 4.78 is 50.3. The molecule has 17 heavy (non-hydrogen) atoms. The van der Waals surface area contributed by atoms with Gasteiger partial charge < -0.3 is 15.5 Å². The summed E-state index contributed by atoms with van der Waals surface area (Å²) in [7, 11) is 0. The Bertz CT molecular complexity index is 381. The minimum Gasteiger partial charge on any atom is -0.394 e. The van der Waals surface area contributed by atoms with Crippen LogP contribution in [0.2, 0.25) is 0 Å². The fourth-order valence-electron chi connectivity index (χ4n) is 1.20. The molecule has 0 aliphatic heterocycles. The molecular formula is C10H11F4NO2. The van der Waals surface area contributed by atoms with Crippen LogP contribution in [0.4, 0.5) is 23.2 Å². The van der Waals surface area contributed by atoms with Gasteiger partial charge in [-0.15, -0.1) is 0 Å². The number of aliphatic hydroxyl groups excluding tert-OH is 2. The highest BCUT2D eigenvalue weighted by molar-refractivity contribution is 5.52. The van der Waals surface area contributed by atoms with Crippen LogP contribution in [0.25, 0.3) is 0 Å². The monoisotopic (exact) mass is 253 g/mol. The number of halogens is 4. The van der Waals surface area contributed by atoms with Gasteiger partial charge in [0.1, 0.15) is 5.82 Å². The molecule has 0 amide bonds. The van der Waals surface area contributed by atoms with E-state index in [9.17, 15) is 17.6 Å². The molecule has 7 heteroatoms. The van der Waals surface area contributed by atoms with E-state index in [1.165, 1.54) is 0 Å². The molecule has 0 saturated carbocycles. The molecule has 0 heterocycles. The van der Waals surface area contributed by atoms with Crippen LogP contribution < -0.4 is 5.32 Å². The summed E-state index contributed by atoms with van der Waals surface area (Å²) in [5.41, 5.74) is -1.49. The number of hydrogen-bond donors (Lipinski definition) is 3. The van der Waals surface area contributed by atoms with Crippen LogP contribution in [0.15, 0.2) is 18.2 Å². The van der Waals surface area contributed by atoms with Crippen molar-refractivity contribution < 1.29 is 27.8 Å². The first-order chi connectivity index (χ1) is 7.84. The van der Waals surface area contributed by atoms with E-state index >= 15 is 0 Å². The quantitative estimate of drug-likeness (QED) is 0.714. The summed E-state index contributed by atoms with van der Waals surface area (Å²) in [6, 6.07) is 2.18. The van der Waals surface area contributed by atoms with Gasteiger partial charge in [0, 0.05) is 12.2 Å². The van der Waals surface area contributed by atoms with E-state index in [-0.39, 0.29) is 12.2 Å². The molecule has 3 nitrogen and oxygen atoms in total. The number of anilines is 1. The maximum absolute atomic E-state index is 12.7. The average molecular weight is 253 g/mol. The maximum atomic E-state index is 12.7. The molecule has 1 rings (SSSR count). The smallest absolute Gasteiger partial charge is 0.394 e. The van der Waals surface area contributed by atoms with Gasteiger partial charge in [0.2, 0.25) is 0 Å². The Labute approximate surface area is 94.7 Å². The van der Waals surface area contributed by atoms with Gasteiger partial charge in [-0.3, -0.25) is 0 Å². The highest BCUT2D eigenvalue weighted by Gasteiger charge is 2.34. The van der Waals surface area contributed by atoms with Crippen LogP contribution in [0.3, 0.4) is 0 Å². The van der Waals surface area contributed by atoms with Crippen molar-refractivity contribution in [2.75, 3.05) is 18.5 Å². The Hall–Kier alpha value is -1.34. The number of aliphatic hydroxyl groups is 2. The third kappa shape index (κ3) is 3.86. The molecule has 0 fully saturated rings. The molecule has 1 atom stereocenters.